The van der Waals surface area contributed by atoms with Crippen LogP contribution in [0.3, 0.4) is 0 Å². The molecule has 0 radical (unpaired) electrons. The van der Waals surface area contributed by atoms with Crippen molar-refractivity contribution in [3.05, 3.63) is 35.6 Å². The number of alkyl halides is 3. The Morgan fingerprint density at radius 2 is 1.86 bits per heavy atom. The second-order valence-electron chi connectivity index (χ2n) is 6.95. The Kier molecular flexibility index (Phi) is 9.12. The SMILES string of the molecule is CN=C(NCCN(C)CC(F)(F)F)NCC(c1ccc(F)cc1)N1CCOCC1. The molecule has 2 N–H and O–H groups in total. The number of hydrogen-bond donors (Lipinski definition) is 2. The maximum absolute atomic E-state index is 13.3. The van der Waals surface area contributed by atoms with Gasteiger partial charge in [0.15, 0.2) is 5.96 Å². The van der Waals surface area contributed by atoms with Crippen molar-refractivity contribution in [2.75, 3.05) is 66.6 Å². The molecule has 1 fully saturated rings. The zero-order chi connectivity index (χ0) is 21.3. The Morgan fingerprint density at radius 1 is 1.21 bits per heavy atom. The highest BCUT2D eigenvalue weighted by Crippen LogP contribution is 2.21. The molecule has 0 aliphatic carbocycles. The highest BCUT2D eigenvalue weighted by molar-refractivity contribution is 5.79. The summed E-state index contributed by atoms with van der Waals surface area (Å²) in [7, 11) is 3.03. The number of halogens is 4. The maximum atomic E-state index is 13.3. The van der Waals surface area contributed by atoms with Gasteiger partial charge in [0.25, 0.3) is 0 Å². The van der Waals surface area contributed by atoms with Crippen molar-refractivity contribution in [2.24, 2.45) is 4.99 Å². The Morgan fingerprint density at radius 3 is 2.45 bits per heavy atom. The van der Waals surface area contributed by atoms with E-state index in [-0.39, 0.29) is 18.4 Å². The van der Waals surface area contributed by atoms with Gasteiger partial charge in [0.1, 0.15) is 5.82 Å². The molecule has 164 valence electrons. The molecule has 0 saturated carbocycles. The normalized spacial score (nSPS) is 17.4. The summed E-state index contributed by atoms with van der Waals surface area (Å²) in [5, 5.41) is 6.26. The van der Waals surface area contributed by atoms with Crippen molar-refractivity contribution >= 4 is 5.96 Å². The van der Waals surface area contributed by atoms with E-state index in [0.29, 0.717) is 32.3 Å². The lowest BCUT2D eigenvalue weighted by Gasteiger charge is -2.35. The van der Waals surface area contributed by atoms with Crippen molar-refractivity contribution in [1.82, 2.24) is 20.4 Å². The molecule has 0 spiro atoms. The van der Waals surface area contributed by atoms with Crippen LogP contribution in [0.15, 0.2) is 29.3 Å². The number of hydrogen-bond acceptors (Lipinski definition) is 4. The van der Waals surface area contributed by atoms with Crippen LogP contribution in [-0.4, -0.2) is 88.5 Å². The van der Waals surface area contributed by atoms with E-state index in [1.807, 2.05) is 0 Å². The van der Waals surface area contributed by atoms with Crippen LogP contribution in [0.25, 0.3) is 0 Å². The molecule has 1 saturated heterocycles. The van der Waals surface area contributed by atoms with Crippen LogP contribution in [-0.2, 0) is 4.74 Å². The number of likely N-dealkylation sites (N-methyl/N-ethyl adjacent to an activating group) is 1. The predicted octanol–water partition coefficient (Wildman–Crippen LogP) is 1.86. The van der Waals surface area contributed by atoms with Crippen LogP contribution in [0.2, 0.25) is 0 Å². The van der Waals surface area contributed by atoms with Crippen molar-refractivity contribution in [3.8, 4) is 0 Å². The van der Waals surface area contributed by atoms with E-state index in [1.165, 1.54) is 24.1 Å². The zero-order valence-electron chi connectivity index (χ0n) is 16.8. The third-order valence-electron chi connectivity index (χ3n) is 4.66. The van der Waals surface area contributed by atoms with Gasteiger partial charge in [-0.05, 0) is 24.7 Å². The number of aliphatic imine (C=N–C) groups is 1. The van der Waals surface area contributed by atoms with E-state index in [4.69, 9.17) is 4.74 Å². The lowest BCUT2D eigenvalue weighted by molar-refractivity contribution is -0.142. The van der Waals surface area contributed by atoms with Gasteiger partial charge in [0, 0.05) is 39.8 Å². The molecule has 1 heterocycles. The topological polar surface area (TPSA) is 52.1 Å². The van der Waals surface area contributed by atoms with Gasteiger partial charge in [-0.25, -0.2) is 4.39 Å². The Hall–Kier alpha value is -1.91. The number of nitrogens with one attached hydrogen (secondary N) is 2. The standard InChI is InChI=1S/C19H29F4N5O/c1-24-18(25-7-8-27(2)14-19(21,22)23)26-13-17(28-9-11-29-12-10-28)15-3-5-16(20)6-4-15/h3-6,17H,7-14H2,1-2H3,(H2,24,25,26). The van der Waals surface area contributed by atoms with E-state index in [9.17, 15) is 17.6 Å². The van der Waals surface area contributed by atoms with Crippen LogP contribution in [0.5, 0.6) is 0 Å². The third kappa shape index (κ3) is 8.55. The number of guanidine groups is 1. The first-order valence-electron chi connectivity index (χ1n) is 9.55. The molecule has 29 heavy (non-hydrogen) atoms. The highest BCUT2D eigenvalue weighted by Gasteiger charge is 2.29. The summed E-state index contributed by atoms with van der Waals surface area (Å²) in [6, 6.07) is 6.39. The van der Waals surface area contributed by atoms with Crippen LogP contribution >= 0.6 is 0 Å². The fourth-order valence-electron chi connectivity index (χ4n) is 3.20. The summed E-state index contributed by atoms with van der Waals surface area (Å²) in [5.41, 5.74) is 0.973. The van der Waals surface area contributed by atoms with E-state index >= 15 is 0 Å². The van der Waals surface area contributed by atoms with Crippen molar-refractivity contribution in [3.63, 3.8) is 0 Å². The van der Waals surface area contributed by atoms with Crippen molar-refractivity contribution in [1.29, 1.82) is 0 Å². The lowest BCUT2D eigenvalue weighted by atomic mass is 10.0. The average molecular weight is 419 g/mol. The molecular formula is C19H29F4N5O. The molecule has 1 aliphatic heterocycles. The quantitative estimate of drug-likeness (QED) is 0.383. The Bertz CT molecular complexity index is 632. The minimum atomic E-state index is -4.21. The first kappa shape index (κ1) is 23.4. The van der Waals surface area contributed by atoms with Gasteiger partial charge in [-0.1, -0.05) is 12.1 Å². The predicted molar refractivity (Wildman–Crippen MR) is 104 cm³/mol. The van der Waals surface area contributed by atoms with E-state index < -0.39 is 12.7 Å². The number of nitrogens with zero attached hydrogens (tertiary/aromatic N) is 3. The average Bonchev–Trinajstić information content (AvgIpc) is 2.67. The first-order valence-corrected chi connectivity index (χ1v) is 9.55. The number of ether oxygens (including phenoxy) is 1. The second kappa shape index (κ2) is 11.3. The summed E-state index contributed by atoms with van der Waals surface area (Å²) in [5.74, 6) is 0.216. The largest absolute Gasteiger partial charge is 0.401 e. The van der Waals surface area contributed by atoms with E-state index in [1.54, 1.807) is 19.2 Å². The molecule has 1 aromatic rings. The van der Waals surface area contributed by atoms with Gasteiger partial charge >= 0.3 is 6.18 Å². The summed E-state index contributed by atoms with van der Waals surface area (Å²) in [6.45, 7) is 2.91. The zero-order valence-corrected chi connectivity index (χ0v) is 16.8. The van der Waals surface area contributed by atoms with Gasteiger partial charge in [-0.3, -0.25) is 14.8 Å². The molecule has 0 bridgehead atoms. The number of benzene rings is 1. The maximum Gasteiger partial charge on any atom is 0.401 e. The van der Waals surface area contributed by atoms with Crippen LogP contribution in [0, 0.1) is 5.82 Å². The lowest BCUT2D eigenvalue weighted by Crippen LogP contribution is -2.47. The number of rotatable bonds is 8. The molecule has 1 aromatic carbocycles. The van der Waals surface area contributed by atoms with Crippen LogP contribution < -0.4 is 10.6 Å². The van der Waals surface area contributed by atoms with Crippen LogP contribution in [0.1, 0.15) is 11.6 Å². The van der Waals surface area contributed by atoms with Gasteiger partial charge in [-0.15, -0.1) is 0 Å². The number of morpholine rings is 1. The monoisotopic (exact) mass is 419 g/mol. The fourth-order valence-corrected chi connectivity index (χ4v) is 3.20. The molecular weight excluding hydrogens is 390 g/mol. The fraction of sp³-hybridized carbons (Fsp3) is 0.632. The molecule has 0 aromatic heterocycles. The van der Waals surface area contributed by atoms with Gasteiger partial charge in [0.2, 0.25) is 0 Å². The molecule has 2 rings (SSSR count). The summed E-state index contributed by atoms with van der Waals surface area (Å²) >= 11 is 0. The van der Waals surface area contributed by atoms with Gasteiger partial charge < -0.3 is 15.4 Å². The third-order valence-corrected chi connectivity index (χ3v) is 4.66. The van der Waals surface area contributed by atoms with E-state index in [2.05, 4.69) is 20.5 Å². The summed E-state index contributed by atoms with van der Waals surface area (Å²) in [4.78, 5) is 7.60. The summed E-state index contributed by atoms with van der Waals surface area (Å²) in [6.07, 6.45) is -4.21. The van der Waals surface area contributed by atoms with Gasteiger partial charge in [0.05, 0.1) is 25.8 Å². The van der Waals surface area contributed by atoms with Gasteiger partial charge in [-0.2, -0.15) is 13.2 Å². The molecule has 0 amide bonds. The Labute approximate surface area is 168 Å². The molecule has 1 unspecified atom stereocenters. The molecule has 1 atom stereocenters. The smallest absolute Gasteiger partial charge is 0.379 e. The minimum Gasteiger partial charge on any atom is -0.379 e. The second-order valence-corrected chi connectivity index (χ2v) is 6.95. The Balaban J connectivity index is 1.89. The van der Waals surface area contributed by atoms with Crippen molar-refractivity contribution in [2.45, 2.75) is 12.2 Å². The summed E-state index contributed by atoms with van der Waals surface area (Å²) < 4.78 is 55.9. The first-order chi connectivity index (χ1) is 13.8. The molecule has 6 nitrogen and oxygen atoms in total. The molecule has 1 aliphatic rings. The minimum absolute atomic E-state index is 0.00838. The highest BCUT2D eigenvalue weighted by atomic mass is 19.4. The van der Waals surface area contributed by atoms with Crippen LogP contribution in [0.4, 0.5) is 17.6 Å². The molecule has 10 heteroatoms. The van der Waals surface area contributed by atoms with E-state index in [0.717, 1.165) is 18.7 Å². The van der Waals surface area contributed by atoms with Crippen molar-refractivity contribution < 1.29 is 22.3 Å².